The Bertz CT molecular complexity index is 1170. The maximum atomic E-state index is 13.4. The molecule has 0 saturated heterocycles. The summed E-state index contributed by atoms with van der Waals surface area (Å²) in [5, 5.41) is 1.18. The van der Waals surface area contributed by atoms with Gasteiger partial charge >= 0.3 is 6.18 Å². The number of aryl methyl sites for hydroxylation is 1. The van der Waals surface area contributed by atoms with Crippen LogP contribution in [0.4, 0.5) is 13.2 Å². The van der Waals surface area contributed by atoms with Gasteiger partial charge in [0.2, 0.25) is 0 Å². The van der Waals surface area contributed by atoms with Gasteiger partial charge in [-0.2, -0.15) is 13.2 Å². The molecule has 0 amide bonds. The van der Waals surface area contributed by atoms with Gasteiger partial charge in [0.25, 0.3) is 5.56 Å². The van der Waals surface area contributed by atoms with Crippen LogP contribution in [0.15, 0.2) is 58.3 Å². The first-order valence-electron chi connectivity index (χ1n) is 8.34. The lowest BCUT2D eigenvalue weighted by molar-refractivity contribution is -0.139. The second-order valence-electron chi connectivity index (χ2n) is 6.05. The minimum absolute atomic E-state index is 0.0497. The highest BCUT2D eigenvalue weighted by Crippen LogP contribution is 2.31. The van der Waals surface area contributed by atoms with E-state index in [0.717, 1.165) is 11.8 Å². The number of alkyl halides is 3. The summed E-state index contributed by atoms with van der Waals surface area (Å²) in [5.41, 5.74) is 0.945. The highest BCUT2D eigenvalue weighted by atomic mass is 32.1. The van der Waals surface area contributed by atoms with Crippen molar-refractivity contribution in [1.29, 1.82) is 0 Å². The van der Waals surface area contributed by atoms with Crippen LogP contribution in [0.25, 0.3) is 22.4 Å². The molecule has 5 nitrogen and oxygen atoms in total. The van der Waals surface area contributed by atoms with Crippen LogP contribution < -0.4 is 5.56 Å². The average Bonchev–Trinajstić information content (AvgIpc) is 3.21. The van der Waals surface area contributed by atoms with Crippen molar-refractivity contribution < 1.29 is 13.2 Å². The molecule has 0 fully saturated rings. The lowest BCUT2D eigenvalue weighted by atomic mass is 10.1. The molecule has 142 valence electrons. The Kier molecular flexibility index (Phi) is 4.68. The minimum atomic E-state index is -4.75. The largest absolute Gasteiger partial charge is 0.434 e. The van der Waals surface area contributed by atoms with Gasteiger partial charge in [-0.05, 0) is 18.1 Å². The van der Waals surface area contributed by atoms with Crippen LogP contribution in [0.2, 0.25) is 0 Å². The van der Waals surface area contributed by atoms with E-state index in [9.17, 15) is 18.0 Å². The van der Waals surface area contributed by atoms with Crippen LogP contribution in [-0.2, 0) is 19.1 Å². The summed E-state index contributed by atoms with van der Waals surface area (Å²) < 4.78 is 41.5. The van der Waals surface area contributed by atoms with Crippen LogP contribution in [0.5, 0.6) is 0 Å². The molecule has 3 heterocycles. The first-order chi connectivity index (χ1) is 13.4. The maximum absolute atomic E-state index is 13.4. The summed E-state index contributed by atoms with van der Waals surface area (Å²) in [5.74, 6) is 0.244. The van der Waals surface area contributed by atoms with E-state index in [-0.39, 0.29) is 17.9 Å². The molecule has 9 heteroatoms. The number of pyridine rings is 1. The topological polar surface area (TPSA) is 60.7 Å². The Labute approximate surface area is 161 Å². The van der Waals surface area contributed by atoms with Crippen molar-refractivity contribution >= 4 is 22.2 Å². The fraction of sp³-hybridized carbons (Fsp3) is 0.158. The molecule has 3 aromatic heterocycles. The van der Waals surface area contributed by atoms with Gasteiger partial charge in [-0.15, -0.1) is 11.3 Å². The molecule has 0 saturated carbocycles. The van der Waals surface area contributed by atoms with E-state index in [2.05, 4.69) is 15.0 Å². The zero-order chi connectivity index (χ0) is 19.7. The second-order valence-corrected chi connectivity index (χ2v) is 6.77. The van der Waals surface area contributed by atoms with Crippen LogP contribution in [0.1, 0.15) is 11.3 Å². The van der Waals surface area contributed by atoms with E-state index >= 15 is 0 Å². The number of thiazole rings is 1. The Hall–Kier alpha value is -3.07. The summed E-state index contributed by atoms with van der Waals surface area (Å²) in [4.78, 5) is 25.0. The van der Waals surface area contributed by atoms with Crippen molar-refractivity contribution in [3.63, 3.8) is 0 Å². The number of nitrogens with zero attached hydrogens (tertiary/aromatic N) is 4. The summed E-state index contributed by atoms with van der Waals surface area (Å²) in [6, 6.07) is 10.7. The SMILES string of the molecule is O=c1c2c(C(F)(F)F)nccc2nc(-c2cscn2)n1CCc1ccccc1. The van der Waals surface area contributed by atoms with E-state index < -0.39 is 22.8 Å². The average molecular weight is 402 g/mol. The van der Waals surface area contributed by atoms with E-state index in [1.165, 1.54) is 22.0 Å². The Morgan fingerprint density at radius 2 is 1.86 bits per heavy atom. The summed E-state index contributed by atoms with van der Waals surface area (Å²) in [6.07, 6.45) is -3.27. The van der Waals surface area contributed by atoms with Crippen molar-refractivity contribution in [2.75, 3.05) is 0 Å². The van der Waals surface area contributed by atoms with Gasteiger partial charge in [-0.3, -0.25) is 14.3 Å². The first-order valence-corrected chi connectivity index (χ1v) is 9.28. The molecule has 0 radical (unpaired) electrons. The fourth-order valence-corrected chi connectivity index (χ4v) is 3.52. The first kappa shape index (κ1) is 18.3. The van der Waals surface area contributed by atoms with Gasteiger partial charge in [0.05, 0.1) is 16.4 Å². The lowest BCUT2D eigenvalue weighted by Gasteiger charge is -2.14. The van der Waals surface area contributed by atoms with E-state index in [4.69, 9.17) is 0 Å². The molecule has 0 spiro atoms. The highest BCUT2D eigenvalue weighted by molar-refractivity contribution is 7.07. The number of aromatic nitrogens is 4. The van der Waals surface area contributed by atoms with E-state index in [1.54, 1.807) is 10.9 Å². The smallest absolute Gasteiger partial charge is 0.290 e. The highest BCUT2D eigenvalue weighted by Gasteiger charge is 2.36. The van der Waals surface area contributed by atoms with Crippen LogP contribution in [0, 0.1) is 0 Å². The van der Waals surface area contributed by atoms with Gasteiger partial charge in [0.1, 0.15) is 5.69 Å². The molecule has 0 bridgehead atoms. The Balaban J connectivity index is 1.93. The molecular weight excluding hydrogens is 389 g/mol. The standard InChI is InChI=1S/C19H13F3N4OS/c20-19(21,22)16-15-13(6-8-23-16)25-17(14-10-28-11-24-14)26(18(15)27)9-7-12-4-2-1-3-5-12/h1-6,8,10-11H,7,9H2. The molecule has 0 unspecified atom stereocenters. The monoisotopic (exact) mass is 402 g/mol. The fourth-order valence-electron chi connectivity index (χ4n) is 2.99. The quantitative estimate of drug-likeness (QED) is 0.514. The third-order valence-electron chi connectivity index (χ3n) is 4.27. The van der Waals surface area contributed by atoms with Gasteiger partial charge in [0, 0.05) is 18.1 Å². The Morgan fingerprint density at radius 3 is 2.54 bits per heavy atom. The molecule has 4 rings (SSSR count). The third kappa shape index (κ3) is 3.40. The number of hydrogen-bond donors (Lipinski definition) is 0. The number of hydrogen-bond acceptors (Lipinski definition) is 5. The normalized spacial score (nSPS) is 11.8. The molecule has 0 aliphatic heterocycles. The second kappa shape index (κ2) is 7.16. The van der Waals surface area contributed by atoms with Crippen molar-refractivity contribution in [3.05, 3.63) is 75.1 Å². The molecule has 1 aromatic carbocycles. The van der Waals surface area contributed by atoms with Crippen LogP contribution in [-0.4, -0.2) is 19.5 Å². The summed E-state index contributed by atoms with van der Waals surface area (Å²) in [7, 11) is 0. The minimum Gasteiger partial charge on any atom is -0.290 e. The number of rotatable bonds is 4. The molecular formula is C19H13F3N4OS. The van der Waals surface area contributed by atoms with Gasteiger partial charge in [-0.25, -0.2) is 9.97 Å². The van der Waals surface area contributed by atoms with Crippen LogP contribution >= 0.6 is 11.3 Å². The van der Waals surface area contributed by atoms with Crippen LogP contribution in [0.3, 0.4) is 0 Å². The van der Waals surface area contributed by atoms with Crippen molar-refractivity contribution in [2.24, 2.45) is 0 Å². The molecule has 0 aliphatic rings. The number of fused-ring (bicyclic) bond motifs is 1. The number of benzene rings is 1. The van der Waals surface area contributed by atoms with Crippen molar-refractivity contribution in [3.8, 4) is 11.5 Å². The zero-order valence-corrected chi connectivity index (χ0v) is 15.2. The van der Waals surface area contributed by atoms with Crippen molar-refractivity contribution in [1.82, 2.24) is 19.5 Å². The molecule has 0 atom stereocenters. The van der Waals surface area contributed by atoms with E-state index in [0.29, 0.717) is 12.1 Å². The molecule has 4 aromatic rings. The molecule has 0 N–H and O–H groups in total. The molecule has 0 aliphatic carbocycles. The predicted octanol–water partition coefficient (Wildman–Crippen LogP) is 4.18. The Morgan fingerprint density at radius 1 is 1.07 bits per heavy atom. The van der Waals surface area contributed by atoms with Crippen molar-refractivity contribution in [2.45, 2.75) is 19.1 Å². The van der Waals surface area contributed by atoms with Gasteiger partial charge < -0.3 is 0 Å². The maximum Gasteiger partial charge on any atom is 0.434 e. The zero-order valence-electron chi connectivity index (χ0n) is 14.3. The van der Waals surface area contributed by atoms with E-state index in [1.807, 2.05) is 30.3 Å². The number of halogens is 3. The van der Waals surface area contributed by atoms with Gasteiger partial charge in [0.15, 0.2) is 11.5 Å². The summed E-state index contributed by atoms with van der Waals surface area (Å²) in [6.45, 7) is 0.171. The van der Waals surface area contributed by atoms with Gasteiger partial charge in [-0.1, -0.05) is 30.3 Å². The lowest BCUT2D eigenvalue weighted by Crippen LogP contribution is -2.27. The third-order valence-corrected chi connectivity index (χ3v) is 4.85. The summed E-state index contributed by atoms with van der Waals surface area (Å²) >= 11 is 1.32. The molecule has 28 heavy (non-hydrogen) atoms. The predicted molar refractivity (Wildman–Crippen MR) is 100 cm³/mol.